The molecular formula is C16H24N2O4S. The molecule has 0 amide bonds. The Morgan fingerprint density at radius 2 is 2.22 bits per heavy atom. The smallest absolute Gasteiger partial charge is 0.339 e. The van der Waals surface area contributed by atoms with Crippen LogP contribution >= 0.6 is 0 Å². The van der Waals surface area contributed by atoms with Crippen LogP contribution in [0.25, 0.3) is 0 Å². The van der Waals surface area contributed by atoms with Crippen LogP contribution < -0.4 is 10.0 Å². The normalized spacial score (nSPS) is 18.6. The number of hydrogen-bond donors (Lipinski definition) is 2. The van der Waals surface area contributed by atoms with Gasteiger partial charge < -0.3 is 10.1 Å². The molecule has 0 aliphatic carbocycles. The number of methoxy groups -OCH3 is 1. The van der Waals surface area contributed by atoms with Gasteiger partial charge in [-0.3, -0.25) is 0 Å². The van der Waals surface area contributed by atoms with Crippen LogP contribution in [0.3, 0.4) is 0 Å². The minimum atomic E-state index is -3.73. The molecule has 1 aliphatic heterocycles. The zero-order valence-electron chi connectivity index (χ0n) is 13.6. The Labute approximate surface area is 137 Å². The predicted octanol–water partition coefficient (Wildman–Crippen LogP) is 1.45. The average molecular weight is 340 g/mol. The molecule has 1 fully saturated rings. The third kappa shape index (κ3) is 4.76. The molecule has 1 atom stereocenters. The standard InChI is InChI=1S/C16H24N2O4S/c1-12-5-6-15(14(10-12)16(19)22-2)23(20,21)18-9-7-13-4-3-8-17-11-13/h5-6,10,13,17-18H,3-4,7-9,11H2,1-2H3. The molecule has 6 nitrogen and oxygen atoms in total. The van der Waals surface area contributed by atoms with Gasteiger partial charge in [0.25, 0.3) is 0 Å². The molecular weight excluding hydrogens is 316 g/mol. The minimum absolute atomic E-state index is 0.0308. The van der Waals surface area contributed by atoms with Gasteiger partial charge in [-0.05, 0) is 57.3 Å². The lowest BCUT2D eigenvalue weighted by atomic mass is 9.96. The second-order valence-corrected chi connectivity index (χ2v) is 7.63. The predicted molar refractivity (Wildman–Crippen MR) is 87.9 cm³/mol. The van der Waals surface area contributed by atoms with E-state index >= 15 is 0 Å². The van der Waals surface area contributed by atoms with E-state index in [1.165, 1.54) is 19.2 Å². The summed E-state index contributed by atoms with van der Waals surface area (Å²) in [4.78, 5) is 11.8. The molecule has 0 aromatic heterocycles. The molecule has 0 saturated carbocycles. The van der Waals surface area contributed by atoms with Gasteiger partial charge in [0.1, 0.15) is 0 Å². The number of nitrogens with one attached hydrogen (secondary N) is 2. The van der Waals surface area contributed by atoms with E-state index in [1.54, 1.807) is 13.0 Å². The number of sulfonamides is 1. The van der Waals surface area contributed by atoms with Crippen LogP contribution in [0, 0.1) is 12.8 Å². The number of benzene rings is 1. The molecule has 7 heteroatoms. The van der Waals surface area contributed by atoms with E-state index in [-0.39, 0.29) is 10.5 Å². The second kappa shape index (κ2) is 7.90. The zero-order valence-corrected chi connectivity index (χ0v) is 14.4. The first kappa shape index (κ1) is 17.9. The van der Waals surface area contributed by atoms with Crippen LogP contribution in [-0.2, 0) is 14.8 Å². The maximum absolute atomic E-state index is 12.5. The van der Waals surface area contributed by atoms with Crippen molar-refractivity contribution in [2.24, 2.45) is 5.92 Å². The number of piperidine rings is 1. The molecule has 23 heavy (non-hydrogen) atoms. The summed E-state index contributed by atoms with van der Waals surface area (Å²) in [5.41, 5.74) is 0.872. The molecule has 1 heterocycles. The van der Waals surface area contributed by atoms with Crippen molar-refractivity contribution in [2.45, 2.75) is 31.1 Å². The van der Waals surface area contributed by atoms with E-state index in [2.05, 4.69) is 14.8 Å². The van der Waals surface area contributed by atoms with Crippen molar-refractivity contribution < 1.29 is 17.9 Å². The van der Waals surface area contributed by atoms with Crippen LogP contribution in [0.1, 0.15) is 35.2 Å². The van der Waals surface area contributed by atoms with Crippen molar-refractivity contribution in [2.75, 3.05) is 26.7 Å². The molecule has 1 aromatic carbocycles. The van der Waals surface area contributed by atoms with Gasteiger partial charge in [-0.25, -0.2) is 17.9 Å². The summed E-state index contributed by atoms with van der Waals surface area (Å²) in [7, 11) is -2.49. The van der Waals surface area contributed by atoms with Gasteiger partial charge in [-0.1, -0.05) is 11.6 Å². The highest BCUT2D eigenvalue weighted by Gasteiger charge is 2.23. The largest absolute Gasteiger partial charge is 0.465 e. The molecule has 2 rings (SSSR count). The van der Waals surface area contributed by atoms with E-state index in [9.17, 15) is 13.2 Å². The molecule has 1 aliphatic rings. The van der Waals surface area contributed by atoms with E-state index in [1.807, 2.05) is 0 Å². The quantitative estimate of drug-likeness (QED) is 0.766. The highest BCUT2D eigenvalue weighted by molar-refractivity contribution is 7.89. The first-order valence-corrected chi connectivity index (χ1v) is 9.31. The Balaban J connectivity index is 2.08. The van der Waals surface area contributed by atoms with E-state index in [0.29, 0.717) is 12.5 Å². The third-order valence-corrected chi connectivity index (χ3v) is 5.59. The Hall–Kier alpha value is -1.44. The fourth-order valence-electron chi connectivity index (χ4n) is 2.79. The summed E-state index contributed by atoms with van der Waals surface area (Å²) in [6.07, 6.45) is 3.03. The summed E-state index contributed by atoms with van der Waals surface area (Å²) in [6, 6.07) is 4.66. The van der Waals surface area contributed by atoms with Crippen LogP contribution in [0.4, 0.5) is 0 Å². The number of carbonyl (C=O) groups is 1. The number of ether oxygens (including phenoxy) is 1. The number of rotatable bonds is 6. The Morgan fingerprint density at radius 3 is 2.87 bits per heavy atom. The fourth-order valence-corrected chi connectivity index (χ4v) is 4.01. The Kier molecular flexibility index (Phi) is 6.15. The average Bonchev–Trinajstić information content (AvgIpc) is 2.54. The lowest BCUT2D eigenvalue weighted by Crippen LogP contribution is -2.33. The molecule has 0 radical (unpaired) electrons. The number of aryl methyl sites for hydroxylation is 1. The van der Waals surface area contributed by atoms with Crippen LogP contribution in [0.2, 0.25) is 0 Å². The van der Waals surface area contributed by atoms with Crippen molar-refractivity contribution in [1.29, 1.82) is 0 Å². The van der Waals surface area contributed by atoms with Crippen molar-refractivity contribution in [3.05, 3.63) is 29.3 Å². The van der Waals surface area contributed by atoms with Gasteiger partial charge in [0, 0.05) is 6.54 Å². The first-order valence-electron chi connectivity index (χ1n) is 7.83. The fraction of sp³-hybridized carbons (Fsp3) is 0.562. The topological polar surface area (TPSA) is 84.5 Å². The van der Waals surface area contributed by atoms with Crippen molar-refractivity contribution >= 4 is 16.0 Å². The number of esters is 1. The summed E-state index contributed by atoms with van der Waals surface area (Å²) < 4.78 is 32.3. The molecule has 1 saturated heterocycles. The van der Waals surface area contributed by atoms with Gasteiger partial charge in [-0.2, -0.15) is 0 Å². The van der Waals surface area contributed by atoms with E-state index in [0.717, 1.165) is 37.9 Å². The number of hydrogen-bond acceptors (Lipinski definition) is 5. The van der Waals surface area contributed by atoms with Gasteiger partial charge in [-0.15, -0.1) is 0 Å². The minimum Gasteiger partial charge on any atom is -0.465 e. The van der Waals surface area contributed by atoms with Gasteiger partial charge in [0.2, 0.25) is 10.0 Å². The summed E-state index contributed by atoms with van der Waals surface area (Å²) in [5, 5.41) is 3.31. The monoisotopic (exact) mass is 340 g/mol. The zero-order chi connectivity index (χ0) is 16.9. The van der Waals surface area contributed by atoms with Crippen molar-refractivity contribution in [3.63, 3.8) is 0 Å². The Bertz CT molecular complexity index is 652. The van der Waals surface area contributed by atoms with E-state index in [4.69, 9.17) is 0 Å². The van der Waals surface area contributed by atoms with Gasteiger partial charge >= 0.3 is 5.97 Å². The van der Waals surface area contributed by atoms with Crippen LogP contribution in [0.5, 0.6) is 0 Å². The molecule has 128 valence electrons. The van der Waals surface area contributed by atoms with E-state index < -0.39 is 16.0 Å². The van der Waals surface area contributed by atoms with Gasteiger partial charge in [0.15, 0.2) is 0 Å². The number of carbonyl (C=O) groups excluding carboxylic acids is 1. The molecule has 0 bridgehead atoms. The summed E-state index contributed by atoms with van der Waals surface area (Å²) >= 11 is 0. The Morgan fingerprint density at radius 1 is 1.43 bits per heavy atom. The maximum Gasteiger partial charge on any atom is 0.339 e. The summed E-state index contributed by atoms with van der Waals surface area (Å²) in [5.74, 6) is -0.157. The first-order chi connectivity index (χ1) is 10.9. The lowest BCUT2D eigenvalue weighted by Gasteiger charge is -2.22. The van der Waals surface area contributed by atoms with Crippen molar-refractivity contribution in [3.8, 4) is 0 Å². The summed E-state index contributed by atoms with van der Waals surface area (Å²) in [6.45, 7) is 4.13. The second-order valence-electron chi connectivity index (χ2n) is 5.89. The lowest BCUT2D eigenvalue weighted by molar-refractivity contribution is 0.0596. The molecule has 2 N–H and O–H groups in total. The SMILES string of the molecule is COC(=O)c1cc(C)ccc1S(=O)(=O)NCCC1CCCNC1. The molecule has 1 aromatic rings. The van der Waals surface area contributed by atoms with Crippen LogP contribution in [-0.4, -0.2) is 41.1 Å². The molecule has 0 spiro atoms. The molecule has 1 unspecified atom stereocenters. The third-order valence-electron chi connectivity index (χ3n) is 4.07. The van der Waals surface area contributed by atoms with Crippen LogP contribution in [0.15, 0.2) is 23.1 Å². The highest BCUT2D eigenvalue weighted by Crippen LogP contribution is 2.19. The maximum atomic E-state index is 12.5. The van der Waals surface area contributed by atoms with Crippen molar-refractivity contribution in [1.82, 2.24) is 10.0 Å². The highest BCUT2D eigenvalue weighted by atomic mass is 32.2. The van der Waals surface area contributed by atoms with Gasteiger partial charge in [0.05, 0.1) is 17.6 Å².